The maximum atomic E-state index is 15.5. The topological polar surface area (TPSA) is 152 Å². The van der Waals surface area contributed by atoms with Crippen molar-refractivity contribution in [1.29, 1.82) is 0 Å². The highest BCUT2D eigenvalue weighted by Gasteiger charge is 2.29. The summed E-state index contributed by atoms with van der Waals surface area (Å²) in [5.41, 5.74) is 1.87. The highest BCUT2D eigenvalue weighted by Crippen LogP contribution is 2.45. The van der Waals surface area contributed by atoms with Gasteiger partial charge in [-0.25, -0.2) is 17.9 Å². The number of anilines is 2. The Labute approximate surface area is 197 Å². The maximum absolute atomic E-state index is 15.5. The largest absolute Gasteiger partial charge is 0.354 e. The number of pyridine rings is 2. The Kier molecular flexibility index (Phi) is 5.79. The summed E-state index contributed by atoms with van der Waals surface area (Å²) >= 11 is 0.629. The number of halogens is 1. The van der Waals surface area contributed by atoms with Crippen molar-refractivity contribution in [3.63, 3.8) is 0 Å². The Morgan fingerprint density at radius 2 is 2.00 bits per heavy atom. The van der Waals surface area contributed by atoms with E-state index in [0.717, 1.165) is 5.56 Å². The van der Waals surface area contributed by atoms with Gasteiger partial charge in [0.2, 0.25) is 0 Å². The maximum Gasteiger partial charge on any atom is 0.274 e. The van der Waals surface area contributed by atoms with Crippen LogP contribution < -0.4 is 21.3 Å². The van der Waals surface area contributed by atoms with Crippen LogP contribution in [0.15, 0.2) is 33.5 Å². The van der Waals surface area contributed by atoms with Crippen molar-refractivity contribution in [3.8, 4) is 10.4 Å². The van der Waals surface area contributed by atoms with E-state index >= 15 is 4.39 Å². The van der Waals surface area contributed by atoms with E-state index in [0.29, 0.717) is 33.7 Å². The molecule has 5 N–H and O–H groups in total. The van der Waals surface area contributed by atoms with Crippen molar-refractivity contribution in [3.05, 3.63) is 57.6 Å². The number of aromatic nitrogens is 3. The van der Waals surface area contributed by atoms with Crippen molar-refractivity contribution in [2.75, 3.05) is 12.4 Å². The second kappa shape index (κ2) is 8.34. The van der Waals surface area contributed by atoms with Crippen LogP contribution in [-0.4, -0.2) is 35.9 Å². The predicted molar refractivity (Wildman–Crippen MR) is 129 cm³/mol. The highest BCUT2D eigenvalue weighted by molar-refractivity contribution is 7.91. The molecule has 4 aromatic heterocycles. The van der Waals surface area contributed by atoms with E-state index in [-0.39, 0.29) is 21.8 Å². The van der Waals surface area contributed by atoms with E-state index in [9.17, 15) is 18.0 Å². The number of carbonyl (C=O) groups is 1. The average Bonchev–Trinajstić information content (AvgIpc) is 3.35. The lowest BCUT2D eigenvalue weighted by atomic mass is 10.1. The number of rotatable bonds is 5. The van der Waals surface area contributed by atoms with E-state index < -0.39 is 31.5 Å². The number of H-pyrrole nitrogens is 1. The van der Waals surface area contributed by atoms with Crippen LogP contribution in [-0.2, 0) is 17.1 Å². The first-order valence-electron chi connectivity index (χ1n) is 9.93. The molecule has 0 bridgehead atoms. The monoisotopic (exact) mass is 504 g/mol. The van der Waals surface area contributed by atoms with Crippen LogP contribution in [0.2, 0.25) is 0 Å². The Balaban J connectivity index is 2.07. The molecule has 0 spiro atoms. The Morgan fingerprint density at radius 1 is 1.29 bits per heavy atom. The SMILES string of the molecule is CNC(=O)c1cc2c(-c3sc(S(N)(=O)=O)c(F)c3Nc3c(C)ccnc3C)cn(C)c(=O)c2[nH]1. The number of hydrogen-bond acceptors (Lipinski definition) is 7. The number of aryl methyl sites for hydroxylation is 3. The van der Waals surface area contributed by atoms with Crippen LogP contribution >= 0.6 is 11.3 Å². The fourth-order valence-electron chi connectivity index (χ4n) is 3.65. The first kappa shape index (κ1) is 23.6. The molecule has 34 heavy (non-hydrogen) atoms. The number of nitrogens with one attached hydrogen (secondary N) is 3. The normalized spacial score (nSPS) is 11.7. The van der Waals surface area contributed by atoms with E-state index in [1.165, 1.54) is 30.9 Å². The summed E-state index contributed by atoms with van der Waals surface area (Å²) in [5, 5.41) is 11.1. The summed E-state index contributed by atoms with van der Waals surface area (Å²) in [5.74, 6) is -1.50. The summed E-state index contributed by atoms with van der Waals surface area (Å²) in [4.78, 5) is 32.1. The molecule has 178 valence electrons. The molecule has 0 aliphatic heterocycles. The second-order valence-corrected chi connectivity index (χ2v) is 10.5. The number of aromatic amines is 1. The minimum absolute atomic E-state index is 0.115. The molecule has 0 unspecified atom stereocenters. The summed E-state index contributed by atoms with van der Waals surface area (Å²) in [6.07, 6.45) is 3.06. The highest BCUT2D eigenvalue weighted by atomic mass is 32.2. The number of hydrogen-bond donors (Lipinski definition) is 4. The molecule has 0 radical (unpaired) electrons. The van der Waals surface area contributed by atoms with E-state index in [2.05, 4.69) is 20.6 Å². The zero-order valence-corrected chi connectivity index (χ0v) is 20.2. The van der Waals surface area contributed by atoms with Gasteiger partial charge in [-0.3, -0.25) is 14.6 Å². The molecule has 4 heterocycles. The standard InChI is InChI=1S/C21H21FN6O4S2/c1-9-5-6-25-10(2)15(9)27-17-14(22)21(34(23,31)32)33-18(17)12-8-28(4)20(30)16-11(12)7-13(26-16)19(29)24-3/h5-8,26-27H,1-4H3,(H,24,29)(H2,23,31,32). The number of primary sulfonamides is 1. The molecule has 10 nitrogen and oxygen atoms in total. The first-order chi connectivity index (χ1) is 15.9. The van der Waals surface area contributed by atoms with Gasteiger partial charge >= 0.3 is 0 Å². The molecule has 0 aliphatic carbocycles. The van der Waals surface area contributed by atoms with Crippen molar-refractivity contribution < 1.29 is 17.6 Å². The van der Waals surface area contributed by atoms with Crippen LogP contribution in [0.25, 0.3) is 21.3 Å². The molecule has 0 atom stereocenters. The smallest absolute Gasteiger partial charge is 0.274 e. The predicted octanol–water partition coefficient (Wildman–Crippen LogP) is 2.50. The molecular formula is C21H21FN6O4S2. The quantitative estimate of drug-likeness (QED) is 0.328. The Bertz CT molecular complexity index is 1610. The van der Waals surface area contributed by atoms with Crippen LogP contribution in [0.5, 0.6) is 0 Å². The molecule has 4 aromatic rings. The minimum atomic E-state index is -4.39. The lowest BCUT2D eigenvalue weighted by molar-refractivity contribution is 0.0959. The van der Waals surface area contributed by atoms with Crippen molar-refractivity contribution in [2.45, 2.75) is 18.1 Å². The molecule has 4 rings (SSSR count). The average molecular weight is 505 g/mol. The summed E-state index contributed by atoms with van der Waals surface area (Å²) < 4.78 is 40.4. The van der Waals surface area contributed by atoms with Crippen LogP contribution in [0.3, 0.4) is 0 Å². The van der Waals surface area contributed by atoms with Gasteiger partial charge in [-0.05, 0) is 31.5 Å². The third-order valence-electron chi connectivity index (χ3n) is 5.36. The van der Waals surface area contributed by atoms with Gasteiger partial charge in [0.1, 0.15) is 11.2 Å². The zero-order valence-electron chi connectivity index (χ0n) is 18.6. The van der Waals surface area contributed by atoms with Crippen molar-refractivity contribution in [2.24, 2.45) is 12.2 Å². The number of nitrogens with zero attached hydrogens (tertiary/aromatic N) is 2. The molecule has 0 saturated heterocycles. The number of nitrogens with two attached hydrogens (primary N) is 1. The van der Waals surface area contributed by atoms with Gasteiger partial charge in [0.25, 0.3) is 21.5 Å². The van der Waals surface area contributed by atoms with E-state index in [4.69, 9.17) is 5.14 Å². The molecule has 0 saturated carbocycles. The second-order valence-electron chi connectivity index (χ2n) is 7.68. The van der Waals surface area contributed by atoms with Crippen LogP contribution in [0.4, 0.5) is 15.8 Å². The van der Waals surface area contributed by atoms with E-state index in [1.807, 2.05) is 0 Å². The Hall–Kier alpha value is -3.55. The molecule has 0 aromatic carbocycles. The summed E-state index contributed by atoms with van der Waals surface area (Å²) in [6.45, 7) is 3.53. The fraction of sp³-hybridized carbons (Fsp3) is 0.190. The third kappa shape index (κ3) is 3.87. The number of fused-ring (bicyclic) bond motifs is 1. The molecule has 1 amide bonds. The minimum Gasteiger partial charge on any atom is -0.354 e. The molecular weight excluding hydrogens is 483 g/mol. The van der Waals surface area contributed by atoms with Gasteiger partial charge in [0.15, 0.2) is 10.0 Å². The van der Waals surface area contributed by atoms with Crippen LogP contribution in [0, 0.1) is 19.7 Å². The van der Waals surface area contributed by atoms with Gasteiger partial charge in [-0.15, -0.1) is 11.3 Å². The summed E-state index contributed by atoms with van der Waals surface area (Å²) in [6, 6.07) is 3.19. The number of sulfonamides is 1. The Morgan fingerprint density at radius 3 is 2.62 bits per heavy atom. The van der Waals surface area contributed by atoms with Crippen molar-refractivity contribution in [1.82, 2.24) is 19.9 Å². The third-order valence-corrected chi connectivity index (χ3v) is 7.99. The van der Waals surface area contributed by atoms with Gasteiger partial charge in [0.05, 0.1) is 21.9 Å². The van der Waals surface area contributed by atoms with Gasteiger partial charge in [-0.1, -0.05) is 0 Å². The summed E-state index contributed by atoms with van der Waals surface area (Å²) in [7, 11) is -1.45. The molecule has 0 fully saturated rings. The lowest BCUT2D eigenvalue weighted by Gasteiger charge is -2.13. The zero-order chi connectivity index (χ0) is 24.9. The van der Waals surface area contributed by atoms with Crippen molar-refractivity contribution >= 4 is 49.5 Å². The van der Waals surface area contributed by atoms with Gasteiger partial charge < -0.3 is 20.2 Å². The number of thiophene rings is 1. The molecule has 13 heteroatoms. The lowest BCUT2D eigenvalue weighted by Crippen LogP contribution is -2.19. The van der Waals surface area contributed by atoms with Gasteiger partial charge in [-0.2, -0.15) is 0 Å². The van der Waals surface area contributed by atoms with E-state index in [1.54, 1.807) is 26.1 Å². The molecule has 0 aliphatic rings. The van der Waals surface area contributed by atoms with Gasteiger partial charge in [0, 0.05) is 37.4 Å². The van der Waals surface area contributed by atoms with Crippen LogP contribution in [0.1, 0.15) is 21.7 Å². The number of amides is 1. The fourth-order valence-corrected chi connectivity index (χ4v) is 5.61. The first-order valence-corrected chi connectivity index (χ1v) is 12.3. The number of carbonyl (C=O) groups excluding carboxylic acids is 1.